The van der Waals surface area contributed by atoms with Gasteiger partial charge in [0.05, 0.1) is 18.0 Å². The zero-order valence-corrected chi connectivity index (χ0v) is 19.2. The lowest BCUT2D eigenvalue weighted by Crippen LogP contribution is -2.42. The molecule has 0 aromatic heterocycles. The van der Waals surface area contributed by atoms with E-state index in [4.69, 9.17) is 36.1 Å². The molecule has 1 atom stereocenters. The lowest BCUT2D eigenvalue weighted by Gasteiger charge is -2.13. The first kappa shape index (κ1) is 28.1. The fraction of sp³-hybridized carbons (Fsp3) is 0.375. The quantitative estimate of drug-likeness (QED) is 0.213. The number of unbranched alkanes of at least 4 members (excludes halogenated alkanes) is 3. The molecule has 0 aliphatic rings. The number of aryl methyl sites for hydroxylation is 1. The second-order valence-electron chi connectivity index (χ2n) is 7.18. The summed E-state index contributed by atoms with van der Waals surface area (Å²) in [5.41, 5.74) is 1.84. The fourth-order valence-electron chi connectivity index (χ4n) is 2.98. The van der Waals surface area contributed by atoms with Crippen LogP contribution in [0.4, 0.5) is 0 Å². The van der Waals surface area contributed by atoms with Gasteiger partial charge in [-0.3, -0.25) is 4.79 Å². The van der Waals surface area contributed by atoms with Gasteiger partial charge in [-0.15, -0.1) is 0 Å². The molecule has 0 fully saturated rings. The number of esters is 1. The number of carboxylic acid groups (broad SMARTS) is 2. The highest BCUT2D eigenvalue weighted by Gasteiger charge is 2.10. The van der Waals surface area contributed by atoms with Crippen LogP contribution < -0.4 is 20.3 Å². The summed E-state index contributed by atoms with van der Waals surface area (Å²) in [4.78, 5) is 29.0. The van der Waals surface area contributed by atoms with Crippen LogP contribution in [0.15, 0.2) is 48.5 Å². The maximum atomic E-state index is 11.1. The summed E-state index contributed by atoms with van der Waals surface area (Å²) in [5, 5.41) is 31.9. The fourth-order valence-corrected chi connectivity index (χ4v) is 3.24. The molecule has 0 bridgehead atoms. The molecule has 0 heterocycles. The van der Waals surface area contributed by atoms with Crippen molar-refractivity contribution in [2.45, 2.75) is 45.1 Å². The molecule has 8 nitrogen and oxygen atoms in total. The minimum atomic E-state index is -2.19. The van der Waals surface area contributed by atoms with Crippen molar-refractivity contribution in [1.29, 1.82) is 0 Å². The first-order valence-corrected chi connectivity index (χ1v) is 10.9. The van der Waals surface area contributed by atoms with E-state index in [1.807, 2.05) is 42.5 Å². The second-order valence-corrected chi connectivity index (χ2v) is 7.59. The van der Waals surface area contributed by atoms with Gasteiger partial charge in [-0.05, 0) is 43.5 Å². The summed E-state index contributed by atoms with van der Waals surface area (Å²) < 4.78 is 5.24. The molecule has 0 amide bonds. The SMILES string of the molecule is CC(=O)Oc1ccccc1CCCCCCNCC(O)c1ccccc1Cl.O=C([O-])C(=O)[O-]. The topological polar surface area (TPSA) is 139 Å². The number of nitrogens with one attached hydrogen (secondary N) is 1. The van der Waals surface area contributed by atoms with Gasteiger partial charge in [0.1, 0.15) is 5.75 Å². The number of benzene rings is 2. The van der Waals surface area contributed by atoms with Crippen LogP contribution in [0.1, 0.15) is 49.8 Å². The van der Waals surface area contributed by atoms with Crippen LogP contribution in [-0.4, -0.2) is 36.1 Å². The molecule has 9 heteroatoms. The molecule has 2 N–H and O–H groups in total. The first-order valence-electron chi connectivity index (χ1n) is 10.5. The predicted octanol–water partition coefficient (Wildman–Crippen LogP) is 1.18. The van der Waals surface area contributed by atoms with Crippen molar-refractivity contribution in [3.63, 3.8) is 0 Å². The number of rotatable bonds is 11. The minimum absolute atomic E-state index is 0.285. The van der Waals surface area contributed by atoms with Crippen molar-refractivity contribution in [3.8, 4) is 5.75 Å². The number of halogens is 1. The Bertz CT molecular complexity index is 892. The molecule has 0 saturated carbocycles. The molecule has 2 aromatic carbocycles. The van der Waals surface area contributed by atoms with Crippen molar-refractivity contribution in [2.75, 3.05) is 13.1 Å². The summed E-state index contributed by atoms with van der Waals surface area (Å²) in [7, 11) is 0. The molecule has 0 aliphatic heterocycles. The van der Waals surface area contributed by atoms with E-state index in [9.17, 15) is 9.90 Å². The zero-order chi connectivity index (χ0) is 24.6. The first-order chi connectivity index (χ1) is 15.7. The summed E-state index contributed by atoms with van der Waals surface area (Å²) in [6.45, 7) is 2.79. The van der Waals surface area contributed by atoms with Gasteiger partial charge in [-0.25, -0.2) is 0 Å². The van der Waals surface area contributed by atoms with Gasteiger partial charge in [0.2, 0.25) is 0 Å². The number of aliphatic hydroxyl groups is 1. The van der Waals surface area contributed by atoms with Crippen LogP contribution in [0.25, 0.3) is 0 Å². The average Bonchev–Trinajstić information content (AvgIpc) is 2.76. The van der Waals surface area contributed by atoms with E-state index in [0.29, 0.717) is 17.3 Å². The zero-order valence-electron chi connectivity index (χ0n) is 18.4. The Morgan fingerprint density at radius 3 is 2.21 bits per heavy atom. The summed E-state index contributed by atoms with van der Waals surface area (Å²) >= 11 is 6.09. The largest absolute Gasteiger partial charge is 0.543 e. The minimum Gasteiger partial charge on any atom is -0.543 e. The van der Waals surface area contributed by atoms with Crippen LogP contribution in [0.3, 0.4) is 0 Å². The van der Waals surface area contributed by atoms with Crippen molar-refractivity contribution < 1.29 is 34.4 Å². The van der Waals surface area contributed by atoms with Crippen molar-refractivity contribution in [2.24, 2.45) is 0 Å². The summed E-state index contributed by atoms with van der Waals surface area (Å²) in [6, 6.07) is 15.1. The number of aliphatic hydroxyl groups excluding tert-OH is 1. The predicted molar refractivity (Wildman–Crippen MR) is 119 cm³/mol. The van der Waals surface area contributed by atoms with Gasteiger partial charge in [0.15, 0.2) is 0 Å². The van der Waals surface area contributed by atoms with Gasteiger partial charge in [0, 0.05) is 24.1 Å². The number of carbonyl (C=O) groups excluding carboxylic acids is 3. The van der Waals surface area contributed by atoms with E-state index in [0.717, 1.165) is 49.8 Å². The van der Waals surface area contributed by atoms with Crippen LogP contribution in [0, 0.1) is 0 Å². The standard InChI is InChI=1S/C22H28ClNO3.C2H2O4/c1-17(25)27-22-14-8-5-11-18(22)10-4-2-3-9-15-24-16-21(26)19-12-6-7-13-20(19)23;3-1(4)2(5)6/h5-8,11-14,21,24,26H,2-4,9-10,15-16H2,1H3;(H,3,4)(H,5,6)/p-2. The van der Waals surface area contributed by atoms with Crippen LogP contribution in [0.2, 0.25) is 5.02 Å². The Kier molecular flexibility index (Phi) is 13.4. The molecular weight excluding hydrogens is 450 g/mol. The lowest BCUT2D eigenvalue weighted by molar-refractivity contribution is -0.345. The Morgan fingerprint density at radius 1 is 0.970 bits per heavy atom. The highest BCUT2D eigenvalue weighted by Crippen LogP contribution is 2.22. The van der Waals surface area contributed by atoms with Crippen LogP contribution in [0.5, 0.6) is 5.75 Å². The number of ether oxygens (including phenoxy) is 1. The van der Waals surface area contributed by atoms with Gasteiger partial charge < -0.3 is 35.0 Å². The molecule has 33 heavy (non-hydrogen) atoms. The van der Waals surface area contributed by atoms with E-state index in [2.05, 4.69) is 5.32 Å². The highest BCUT2D eigenvalue weighted by atomic mass is 35.5. The van der Waals surface area contributed by atoms with E-state index in [1.165, 1.54) is 6.92 Å². The average molecular weight is 478 g/mol. The van der Waals surface area contributed by atoms with Gasteiger partial charge in [-0.1, -0.05) is 60.8 Å². The molecule has 0 radical (unpaired) electrons. The number of hydrogen-bond acceptors (Lipinski definition) is 8. The van der Waals surface area contributed by atoms with Crippen molar-refractivity contribution in [3.05, 3.63) is 64.7 Å². The third kappa shape index (κ3) is 12.0. The smallest absolute Gasteiger partial charge is 0.308 e. The normalized spacial score (nSPS) is 11.1. The van der Waals surface area contributed by atoms with Crippen molar-refractivity contribution in [1.82, 2.24) is 5.32 Å². The number of aliphatic carboxylic acids is 2. The Morgan fingerprint density at radius 2 is 1.58 bits per heavy atom. The van der Waals surface area contributed by atoms with E-state index in [1.54, 1.807) is 6.07 Å². The maximum Gasteiger partial charge on any atom is 0.308 e. The lowest BCUT2D eigenvalue weighted by atomic mass is 10.1. The third-order valence-corrected chi connectivity index (χ3v) is 4.89. The van der Waals surface area contributed by atoms with E-state index < -0.39 is 18.0 Å². The Balaban J connectivity index is 0.000000801. The van der Waals surface area contributed by atoms with E-state index in [-0.39, 0.29) is 5.97 Å². The molecule has 180 valence electrons. The van der Waals surface area contributed by atoms with Gasteiger partial charge in [0.25, 0.3) is 0 Å². The van der Waals surface area contributed by atoms with Gasteiger partial charge in [-0.2, -0.15) is 0 Å². The molecule has 0 saturated heterocycles. The molecule has 0 aliphatic carbocycles. The maximum absolute atomic E-state index is 11.1. The Labute approximate surface area is 198 Å². The summed E-state index contributed by atoms with van der Waals surface area (Å²) in [5.74, 6) is -3.99. The van der Waals surface area contributed by atoms with E-state index >= 15 is 0 Å². The second kappa shape index (κ2) is 15.8. The molecule has 2 aromatic rings. The number of carbonyl (C=O) groups is 3. The molecule has 0 spiro atoms. The van der Waals surface area contributed by atoms with Crippen LogP contribution >= 0.6 is 11.6 Å². The summed E-state index contributed by atoms with van der Waals surface area (Å²) in [6.07, 6.45) is 4.66. The Hall–Kier alpha value is -2.94. The van der Waals surface area contributed by atoms with Gasteiger partial charge >= 0.3 is 5.97 Å². The third-order valence-electron chi connectivity index (χ3n) is 4.54. The molecule has 2 rings (SSSR count). The van der Waals surface area contributed by atoms with Crippen LogP contribution in [-0.2, 0) is 20.8 Å². The molecular formula is C24H28ClNO7-2. The number of para-hydroxylation sites is 1. The monoisotopic (exact) mass is 477 g/mol. The number of carboxylic acids is 2. The van der Waals surface area contributed by atoms with Crippen molar-refractivity contribution >= 4 is 29.5 Å². The number of hydrogen-bond donors (Lipinski definition) is 2. The highest BCUT2D eigenvalue weighted by molar-refractivity contribution is 6.31. The molecule has 1 unspecified atom stereocenters.